The summed E-state index contributed by atoms with van der Waals surface area (Å²) in [6, 6.07) is 4.94. The Balaban J connectivity index is 2.43. The molecule has 0 aliphatic rings. The Bertz CT molecular complexity index is 485. The van der Waals surface area contributed by atoms with E-state index in [0.717, 1.165) is 11.1 Å². The zero-order valence-corrected chi connectivity index (χ0v) is 12.4. The number of carbonyl (C=O) groups excluding carboxylic acids is 2. The molecule has 0 spiro atoms. The maximum atomic E-state index is 11.6. The van der Waals surface area contributed by atoms with E-state index in [1.54, 1.807) is 13.8 Å². The smallest absolute Gasteiger partial charge is 0.328 e. The van der Waals surface area contributed by atoms with Crippen LogP contribution in [0.3, 0.4) is 0 Å². The summed E-state index contributed by atoms with van der Waals surface area (Å²) in [5, 5.41) is 2.52. The minimum absolute atomic E-state index is 0.133. The highest BCUT2D eigenvalue weighted by atomic mass is 16.5. The van der Waals surface area contributed by atoms with E-state index in [-0.39, 0.29) is 19.1 Å². The van der Waals surface area contributed by atoms with E-state index in [4.69, 9.17) is 9.47 Å². The van der Waals surface area contributed by atoms with Gasteiger partial charge >= 0.3 is 5.97 Å². The van der Waals surface area contributed by atoms with Crippen LogP contribution in [-0.2, 0) is 14.3 Å². The van der Waals surface area contributed by atoms with Crippen LogP contribution in [0, 0.1) is 13.8 Å². The molecule has 1 N–H and O–H groups in total. The molecule has 0 saturated heterocycles. The predicted octanol–water partition coefficient (Wildman–Crippen LogP) is 1.75. The van der Waals surface area contributed by atoms with Crippen LogP contribution in [0.2, 0.25) is 0 Å². The van der Waals surface area contributed by atoms with Gasteiger partial charge in [0.15, 0.2) is 6.61 Å². The second kappa shape index (κ2) is 7.53. The number of ether oxygens (including phenoxy) is 2. The molecule has 5 heteroatoms. The Labute approximate surface area is 119 Å². The van der Waals surface area contributed by atoms with Crippen LogP contribution in [-0.4, -0.2) is 31.1 Å². The molecule has 0 aromatic heterocycles. The predicted molar refractivity (Wildman–Crippen MR) is 75.6 cm³/mol. The normalized spacial score (nSPS) is 11.6. The van der Waals surface area contributed by atoms with Crippen molar-refractivity contribution in [3.05, 3.63) is 29.3 Å². The van der Waals surface area contributed by atoms with Gasteiger partial charge in [0, 0.05) is 0 Å². The van der Waals surface area contributed by atoms with Gasteiger partial charge in [0.05, 0.1) is 6.61 Å². The highest BCUT2D eigenvalue weighted by Crippen LogP contribution is 2.16. The summed E-state index contributed by atoms with van der Waals surface area (Å²) >= 11 is 0. The molecule has 0 saturated carbocycles. The Kier molecular flexibility index (Phi) is 6.03. The summed E-state index contributed by atoms with van der Waals surface area (Å²) in [6.45, 7) is 7.43. The average Bonchev–Trinajstić information content (AvgIpc) is 2.40. The molecule has 0 radical (unpaired) electrons. The molecular formula is C15H21NO4. The number of esters is 1. The molecule has 1 aromatic rings. The third-order valence-electron chi connectivity index (χ3n) is 2.87. The van der Waals surface area contributed by atoms with Crippen LogP contribution in [0.25, 0.3) is 0 Å². The minimum Gasteiger partial charge on any atom is -0.484 e. The Morgan fingerprint density at radius 2 is 1.95 bits per heavy atom. The van der Waals surface area contributed by atoms with Crippen LogP contribution in [0.1, 0.15) is 25.0 Å². The summed E-state index contributed by atoms with van der Waals surface area (Å²) in [7, 11) is 0. The van der Waals surface area contributed by atoms with Gasteiger partial charge in [0.25, 0.3) is 5.91 Å². The Morgan fingerprint density at radius 1 is 1.25 bits per heavy atom. The molecule has 0 aliphatic carbocycles. The van der Waals surface area contributed by atoms with Crippen LogP contribution >= 0.6 is 0 Å². The van der Waals surface area contributed by atoms with Gasteiger partial charge in [-0.2, -0.15) is 0 Å². The average molecular weight is 279 g/mol. The topological polar surface area (TPSA) is 64.6 Å². The molecule has 1 rings (SSSR count). The van der Waals surface area contributed by atoms with Crippen molar-refractivity contribution in [1.82, 2.24) is 5.32 Å². The maximum Gasteiger partial charge on any atom is 0.328 e. The summed E-state index contributed by atoms with van der Waals surface area (Å²) < 4.78 is 10.2. The van der Waals surface area contributed by atoms with E-state index in [0.29, 0.717) is 5.75 Å². The first kappa shape index (κ1) is 16.0. The molecule has 110 valence electrons. The van der Waals surface area contributed by atoms with Crippen molar-refractivity contribution >= 4 is 11.9 Å². The third-order valence-corrected chi connectivity index (χ3v) is 2.87. The first-order valence-electron chi connectivity index (χ1n) is 6.60. The number of hydrogen-bond donors (Lipinski definition) is 1. The highest BCUT2D eigenvalue weighted by molar-refractivity contribution is 5.84. The Hall–Kier alpha value is -2.04. The molecule has 1 unspecified atom stereocenters. The van der Waals surface area contributed by atoms with Crippen molar-refractivity contribution in [2.75, 3.05) is 13.2 Å². The molecule has 0 bridgehead atoms. The SMILES string of the molecule is CCOC(=O)C(C)NC(=O)COc1ccc(C)c(C)c1. The molecule has 5 nitrogen and oxygen atoms in total. The minimum atomic E-state index is -0.675. The number of nitrogens with one attached hydrogen (secondary N) is 1. The van der Waals surface area contributed by atoms with E-state index >= 15 is 0 Å². The van der Waals surface area contributed by atoms with Gasteiger partial charge in [-0.25, -0.2) is 4.79 Å². The fourth-order valence-electron chi connectivity index (χ4n) is 1.56. The first-order valence-corrected chi connectivity index (χ1v) is 6.60. The number of rotatable bonds is 6. The molecule has 0 fully saturated rings. The van der Waals surface area contributed by atoms with E-state index in [2.05, 4.69) is 5.32 Å². The highest BCUT2D eigenvalue weighted by Gasteiger charge is 2.16. The van der Waals surface area contributed by atoms with Gasteiger partial charge in [-0.1, -0.05) is 6.07 Å². The van der Waals surface area contributed by atoms with Crippen molar-refractivity contribution in [3.63, 3.8) is 0 Å². The van der Waals surface area contributed by atoms with Crippen LogP contribution in [0.15, 0.2) is 18.2 Å². The van der Waals surface area contributed by atoms with E-state index < -0.39 is 12.0 Å². The van der Waals surface area contributed by atoms with Gasteiger partial charge in [-0.15, -0.1) is 0 Å². The maximum absolute atomic E-state index is 11.6. The monoisotopic (exact) mass is 279 g/mol. The van der Waals surface area contributed by atoms with Crippen molar-refractivity contribution in [3.8, 4) is 5.75 Å². The molecule has 20 heavy (non-hydrogen) atoms. The van der Waals surface area contributed by atoms with Gasteiger partial charge < -0.3 is 14.8 Å². The fourth-order valence-corrected chi connectivity index (χ4v) is 1.56. The standard InChI is InChI=1S/C15H21NO4/c1-5-19-15(18)12(4)16-14(17)9-20-13-7-6-10(2)11(3)8-13/h6-8,12H,5,9H2,1-4H3,(H,16,17). The van der Waals surface area contributed by atoms with Gasteiger partial charge in [0.1, 0.15) is 11.8 Å². The second-order valence-electron chi connectivity index (χ2n) is 4.58. The summed E-state index contributed by atoms with van der Waals surface area (Å²) in [5.41, 5.74) is 2.26. The lowest BCUT2D eigenvalue weighted by Gasteiger charge is -2.13. The Morgan fingerprint density at radius 3 is 2.55 bits per heavy atom. The van der Waals surface area contributed by atoms with Gasteiger partial charge in [0.2, 0.25) is 0 Å². The number of benzene rings is 1. The molecular weight excluding hydrogens is 258 g/mol. The number of aryl methyl sites for hydroxylation is 2. The van der Waals surface area contributed by atoms with Gasteiger partial charge in [-0.05, 0) is 51.0 Å². The van der Waals surface area contributed by atoms with Crippen LogP contribution in [0.4, 0.5) is 0 Å². The van der Waals surface area contributed by atoms with E-state index in [9.17, 15) is 9.59 Å². The number of amides is 1. The van der Waals surface area contributed by atoms with Crippen molar-refractivity contribution < 1.29 is 19.1 Å². The fraction of sp³-hybridized carbons (Fsp3) is 0.467. The second-order valence-corrected chi connectivity index (χ2v) is 4.58. The summed E-state index contributed by atoms with van der Waals surface area (Å²) in [6.07, 6.45) is 0. The zero-order chi connectivity index (χ0) is 15.1. The first-order chi connectivity index (χ1) is 9.43. The van der Waals surface area contributed by atoms with Crippen molar-refractivity contribution in [1.29, 1.82) is 0 Å². The zero-order valence-electron chi connectivity index (χ0n) is 12.4. The van der Waals surface area contributed by atoms with E-state index in [1.165, 1.54) is 0 Å². The molecule has 1 amide bonds. The van der Waals surface area contributed by atoms with Crippen LogP contribution < -0.4 is 10.1 Å². The molecule has 0 heterocycles. The third kappa shape index (κ3) is 4.91. The lowest BCUT2D eigenvalue weighted by molar-refractivity contribution is -0.147. The lowest BCUT2D eigenvalue weighted by atomic mass is 10.1. The number of carbonyl (C=O) groups is 2. The van der Waals surface area contributed by atoms with Crippen molar-refractivity contribution in [2.24, 2.45) is 0 Å². The number of hydrogen-bond acceptors (Lipinski definition) is 4. The summed E-state index contributed by atoms with van der Waals surface area (Å²) in [5.74, 6) is -0.178. The lowest BCUT2D eigenvalue weighted by Crippen LogP contribution is -2.41. The van der Waals surface area contributed by atoms with Crippen molar-refractivity contribution in [2.45, 2.75) is 33.7 Å². The molecule has 1 aromatic carbocycles. The molecule has 0 aliphatic heterocycles. The van der Waals surface area contributed by atoms with Gasteiger partial charge in [-0.3, -0.25) is 4.79 Å². The molecule has 1 atom stereocenters. The van der Waals surface area contributed by atoms with E-state index in [1.807, 2.05) is 32.0 Å². The summed E-state index contributed by atoms with van der Waals surface area (Å²) in [4.78, 5) is 23.0. The van der Waals surface area contributed by atoms with Crippen LogP contribution in [0.5, 0.6) is 5.75 Å². The largest absolute Gasteiger partial charge is 0.484 e. The quantitative estimate of drug-likeness (QED) is 0.806.